The third kappa shape index (κ3) is 7.30. The molecule has 0 fully saturated rings. The second kappa shape index (κ2) is 9.21. The van der Waals surface area contributed by atoms with E-state index in [4.69, 9.17) is 23.6 Å². The molecule has 0 aromatic heterocycles. The Bertz CT molecular complexity index is 260. The van der Waals surface area contributed by atoms with Crippen LogP contribution in [0.3, 0.4) is 0 Å². The topological polar surface area (TPSA) is 6.25 Å². The molecule has 0 N–H and O–H groups in total. The van der Waals surface area contributed by atoms with Crippen LogP contribution in [-0.4, -0.2) is 33.2 Å². The van der Waals surface area contributed by atoms with Gasteiger partial charge in [0.1, 0.15) is 12.8 Å². The van der Waals surface area contributed by atoms with Crippen LogP contribution in [0.4, 0.5) is 0 Å². The van der Waals surface area contributed by atoms with Gasteiger partial charge in [0.25, 0.3) is 0 Å². The summed E-state index contributed by atoms with van der Waals surface area (Å²) in [5.74, 6) is 0. The minimum absolute atomic E-state index is 0.150. The highest BCUT2D eigenvalue weighted by Crippen LogP contribution is 2.24. The van der Waals surface area contributed by atoms with Gasteiger partial charge in [-0.25, -0.2) is 4.58 Å². The van der Waals surface area contributed by atoms with Crippen LogP contribution in [0.1, 0.15) is 39.5 Å². The summed E-state index contributed by atoms with van der Waals surface area (Å²) >= 11 is 16.1. The molecule has 100 valence electrons. The molecule has 0 bridgehead atoms. The Kier molecular flexibility index (Phi) is 9.34. The first-order valence-electron chi connectivity index (χ1n) is 5.78. The lowest BCUT2D eigenvalue weighted by Gasteiger charge is -2.26. The Hall–Kier alpha value is 0.240. The van der Waals surface area contributed by atoms with E-state index in [9.17, 15) is 0 Å². The van der Waals surface area contributed by atoms with Crippen molar-refractivity contribution in [3.63, 3.8) is 0 Å². The lowest BCUT2D eigenvalue weighted by Crippen LogP contribution is -2.31. The largest absolute Gasteiger partial charge is 0.209 e. The summed E-state index contributed by atoms with van der Waals surface area (Å²) in [5.41, 5.74) is -0.150. The molecule has 0 spiro atoms. The summed E-state index contributed by atoms with van der Waals surface area (Å²) in [6.45, 7) is 5.13. The Morgan fingerprint density at radius 1 is 1.24 bits per heavy atom. The van der Waals surface area contributed by atoms with Gasteiger partial charge in [-0.2, -0.15) is 0 Å². The minimum atomic E-state index is -0.150. The molecule has 0 aromatic rings. The predicted molar refractivity (Wildman–Crippen MR) is 78.2 cm³/mol. The van der Waals surface area contributed by atoms with Crippen molar-refractivity contribution >= 4 is 41.4 Å². The van der Waals surface area contributed by atoms with Crippen molar-refractivity contribution in [3.05, 3.63) is 12.3 Å². The van der Waals surface area contributed by atoms with E-state index in [1.165, 1.54) is 16.7 Å². The Balaban J connectivity index is 0.00000121. The van der Waals surface area contributed by atoms with E-state index < -0.39 is 0 Å². The molecule has 0 aliphatic carbocycles. The molecule has 0 radical (unpaired) electrons. The normalized spacial score (nSPS) is 15.4. The molecule has 1 aliphatic rings. The lowest BCUT2D eigenvalue weighted by molar-refractivity contribution is -0.456. The maximum atomic E-state index is 5.75. The first-order chi connectivity index (χ1) is 8.02. The highest BCUT2D eigenvalue weighted by atomic mass is 35.5. The zero-order valence-electron chi connectivity index (χ0n) is 10.8. The Morgan fingerprint density at radius 3 is 2.35 bits per heavy atom. The number of halogens is 3. The van der Waals surface area contributed by atoms with E-state index >= 15 is 0 Å². The molecule has 1 heterocycles. The molecule has 5 heteroatoms. The maximum Gasteiger partial charge on any atom is 0.164 e. The quantitative estimate of drug-likeness (QED) is 0.414. The molecule has 2 nitrogen and oxygen atoms in total. The third-order valence-electron chi connectivity index (χ3n) is 2.66. The number of alkyl halides is 1. The van der Waals surface area contributed by atoms with Crippen molar-refractivity contribution in [3.8, 4) is 0 Å². The van der Waals surface area contributed by atoms with Crippen LogP contribution >= 0.6 is 35.2 Å². The van der Waals surface area contributed by atoms with Crippen molar-refractivity contribution in [1.29, 1.82) is 0 Å². The van der Waals surface area contributed by atoms with E-state index in [2.05, 4.69) is 34.7 Å². The molecule has 1 rings (SSSR count). The fraction of sp³-hybridized carbons (Fsp3) is 0.750. The highest BCUT2D eigenvalue weighted by Gasteiger charge is 2.24. The van der Waals surface area contributed by atoms with Crippen LogP contribution in [0.5, 0.6) is 0 Å². The number of allylic oxidation sites excluding steroid dienone is 1. The Labute approximate surface area is 120 Å². The van der Waals surface area contributed by atoms with Crippen LogP contribution in [0.15, 0.2) is 12.3 Å². The number of rotatable bonds is 5. The number of nitrogens with zero attached hydrogens (tertiary/aromatic N) is 2. The smallest absolute Gasteiger partial charge is 0.164 e. The summed E-state index contributed by atoms with van der Waals surface area (Å²) in [6, 6.07) is 0. The van der Waals surface area contributed by atoms with E-state index in [1.807, 2.05) is 13.8 Å². The van der Waals surface area contributed by atoms with E-state index in [0.29, 0.717) is 0 Å². The van der Waals surface area contributed by atoms with E-state index in [1.54, 1.807) is 0 Å². The summed E-state index contributed by atoms with van der Waals surface area (Å²) in [4.78, 5) is 0. The fourth-order valence-corrected chi connectivity index (χ4v) is 1.72. The Morgan fingerprint density at radius 2 is 1.88 bits per heavy atom. The van der Waals surface area contributed by atoms with Crippen LogP contribution < -0.4 is 0 Å². The molecular weight excluding hydrogens is 279 g/mol. The molecule has 1 aliphatic heterocycles. The van der Waals surface area contributed by atoms with Crippen molar-refractivity contribution in [2.45, 2.75) is 45.1 Å². The molecule has 0 atom stereocenters. The molecule has 0 saturated carbocycles. The zero-order chi connectivity index (χ0) is 13.3. The first kappa shape index (κ1) is 17.2. The van der Waals surface area contributed by atoms with Gasteiger partial charge >= 0.3 is 0 Å². The molecule has 0 aromatic carbocycles. The van der Waals surface area contributed by atoms with E-state index in [-0.39, 0.29) is 5.54 Å². The monoisotopic (exact) mass is 299 g/mol. The first-order valence-corrected chi connectivity index (χ1v) is 7.21. The summed E-state index contributed by atoms with van der Waals surface area (Å²) in [5, 5.41) is 0. The summed E-state index contributed by atoms with van der Waals surface area (Å²) in [6.07, 6.45) is 12.5. The van der Waals surface area contributed by atoms with Gasteiger partial charge in [-0.15, -0.1) is 15.5 Å². The van der Waals surface area contributed by atoms with Gasteiger partial charge in [0, 0.05) is 24.8 Å². The van der Waals surface area contributed by atoms with Gasteiger partial charge in [-0.1, -0.05) is 0 Å². The van der Waals surface area contributed by atoms with Crippen LogP contribution in [-0.2, 0) is 0 Å². The van der Waals surface area contributed by atoms with Crippen molar-refractivity contribution in [1.82, 2.24) is 3.94 Å². The number of hydrogen-bond donors (Lipinski definition) is 0. The van der Waals surface area contributed by atoms with Crippen LogP contribution in [0.25, 0.3) is 0 Å². The molecule has 0 unspecified atom stereocenters. The lowest BCUT2D eigenvalue weighted by atomic mass is 10.00. The molecule has 0 amide bonds. The average Bonchev–Trinajstić information content (AvgIpc) is 2.32. The van der Waals surface area contributed by atoms with Gasteiger partial charge in [0.05, 0.1) is 0 Å². The van der Waals surface area contributed by atoms with Gasteiger partial charge in [0.2, 0.25) is 0 Å². The van der Waals surface area contributed by atoms with Crippen LogP contribution in [0.2, 0.25) is 0 Å². The second-order valence-corrected chi connectivity index (χ2v) is 5.38. The average molecular weight is 301 g/mol. The maximum absolute atomic E-state index is 5.75. The molecule has 17 heavy (non-hydrogen) atoms. The van der Waals surface area contributed by atoms with E-state index in [0.717, 1.165) is 25.8 Å². The number of hydrogen-bond acceptors (Lipinski definition) is 1. The minimum Gasteiger partial charge on any atom is -0.209 e. The highest BCUT2D eigenvalue weighted by molar-refractivity contribution is 6.34. The fourth-order valence-electron chi connectivity index (χ4n) is 1.55. The third-order valence-corrected chi connectivity index (χ3v) is 3.57. The van der Waals surface area contributed by atoms with Gasteiger partial charge in [0.15, 0.2) is 6.20 Å². The predicted octanol–water partition coefficient (Wildman–Crippen LogP) is 4.40. The van der Waals surface area contributed by atoms with Crippen molar-refractivity contribution < 1.29 is 4.58 Å². The second-order valence-electron chi connectivity index (χ2n) is 4.53. The molecular formula is C12H22Cl3N2+. The van der Waals surface area contributed by atoms with Crippen LogP contribution in [0, 0.1) is 0 Å². The van der Waals surface area contributed by atoms with Gasteiger partial charge in [-0.3, -0.25) is 0 Å². The SMILES string of the molecule is CC(C)(CCC[N+]1=CCCC=C1)N(Cl)Cl.CCl. The summed E-state index contributed by atoms with van der Waals surface area (Å²) in [7, 11) is 0. The van der Waals surface area contributed by atoms with Gasteiger partial charge < -0.3 is 0 Å². The zero-order valence-corrected chi connectivity index (χ0v) is 13.1. The van der Waals surface area contributed by atoms with Gasteiger partial charge in [-0.05, 0) is 56.3 Å². The van der Waals surface area contributed by atoms with Crippen molar-refractivity contribution in [2.75, 3.05) is 12.9 Å². The standard InChI is InChI=1S/C11H19Cl2N2.CH3Cl/c1-11(2,15(12)13)7-6-10-14-8-4-3-5-9-14;1-2/h4,8-9H,3,5-7,10H2,1-2H3;1H3/q+1;. The summed E-state index contributed by atoms with van der Waals surface area (Å²) < 4.78 is 3.50. The molecule has 0 saturated heterocycles. The van der Waals surface area contributed by atoms with Crippen molar-refractivity contribution in [2.24, 2.45) is 0 Å².